The van der Waals surface area contributed by atoms with Crippen LogP contribution in [0, 0.1) is 6.92 Å². The molecule has 112 valence electrons. The van der Waals surface area contributed by atoms with Gasteiger partial charge in [-0.05, 0) is 31.0 Å². The minimum atomic E-state index is -3.42. The van der Waals surface area contributed by atoms with E-state index in [0.29, 0.717) is 24.4 Å². The van der Waals surface area contributed by atoms with E-state index in [1.807, 2.05) is 6.92 Å². The van der Waals surface area contributed by atoms with Gasteiger partial charge < -0.3 is 15.8 Å². The summed E-state index contributed by atoms with van der Waals surface area (Å²) < 4.78 is 28.2. The molecular weight excluding hydrogens is 280 g/mol. The van der Waals surface area contributed by atoms with Crippen LogP contribution in [0.5, 0.6) is 0 Å². The molecule has 0 atom stereocenters. The van der Waals surface area contributed by atoms with E-state index < -0.39 is 21.5 Å². The second kappa shape index (κ2) is 7.25. The predicted molar refractivity (Wildman–Crippen MR) is 79.4 cm³/mol. The molecule has 1 rings (SSSR count). The van der Waals surface area contributed by atoms with Gasteiger partial charge in [0.05, 0.1) is 5.75 Å². The van der Waals surface area contributed by atoms with Gasteiger partial charge in [-0.25, -0.2) is 8.42 Å². The molecule has 0 bridgehead atoms. The van der Waals surface area contributed by atoms with Crippen molar-refractivity contribution in [2.75, 3.05) is 36.3 Å². The molecule has 3 N–H and O–H groups in total. The van der Waals surface area contributed by atoms with Crippen LogP contribution >= 0.6 is 0 Å². The molecule has 6 nitrogen and oxygen atoms in total. The van der Waals surface area contributed by atoms with Crippen molar-refractivity contribution in [2.45, 2.75) is 13.3 Å². The highest BCUT2D eigenvalue weighted by Gasteiger charge is 2.17. The molecule has 20 heavy (non-hydrogen) atoms. The van der Waals surface area contributed by atoms with Gasteiger partial charge in [-0.1, -0.05) is 6.07 Å². The van der Waals surface area contributed by atoms with Crippen LogP contribution in [0.4, 0.5) is 11.4 Å². The number of carbonyl (C=O) groups excluding carboxylic acids is 1. The van der Waals surface area contributed by atoms with Gasteiger partial charge in [0.1, 0.15) is 5.75 Å². The van der Waals surface area contributed by atoms with Gasteiger partial charge in [0.25, 0.3) is 0 Å². The second-order valence-electron chi connectivity index (χ2n) is 4.56. The molecular formula is C13H20N2O4S. The standard InChI is InChI=1S/C13H20N2O4S/c1-10-4-5-11(14)8-12(10)15-13(16)9-20(17,18)7-3-6-19-2/h4-5,8H,3,6-7,9,14H2,1-2H3,(H,15,16). The average molecular weight is 300 g/mol. The quantitative estimate of drug-likeness (QED) is 0.577. The number of aryl methyl sites for hydroxylation is 1. The van der Waals surface area contributed by atoms with E-state index in [-0.39, 0.29) is 5.75 Å². The minimum Gasteiger partial charge on any atom is -0.399 e. The van der Waals surface area contributed by atoms with Crippen molar-refractivity contribution in [1.82, 2.24) is 0 Å². The van der Waals surface area contributed by atoms with E-state index in [4.69, 9.17) is 10.5 Å². The first-order chi connectivity index (χ1) is 9.34. The molecule has 0 aromatic heterocycles. The Morgan fingerprint density at radius 3 is 2.75 bits per heavy atom. The lowest BCUT2D eigenvalue weighted by Crippen LogP contribution is -2.25. The lowest BCUT2D eigenvalue weighted by molar-refractivity contribution is -0.113. The summed E-state index contributed by atoms with van der Waals surface area (Å²) in [5, 5.41) is 2.57. The average Bonchev–Trinajstić information content (AvgIpc) is 2.33. The number of nitrogens with one attached hydrogen (secondary N) is 1. The van der Waals surface area contributed by atoms with Crippen molar-refractivity contribution in [3.05, 3.63) is 23.8 Å². The van der Waals surface area contributed by atoms with Crippen molar-refractivity contribution in [3.63, 3.8) is 0 Å². The molecule has 1 aromatic carbocycles. The zero-order valence-corrected chi connectivity index (χ0v) is 12.5. The number of benzene rings is 1. The fraction of sp³-hybridized carbons (Fsp3) is 0.462. The van der Waals surface area contributed by atoms with Crippen LogP contribution in [0.1, 0.15) is 12.0 Å². The number of hydrogen-bond acceptors (Lipinski definition) is 5. The van der Waals surface area contributed by atoms with Crippen molar-refractivity contribution in [1.29, 1.82) is 0 Å². The third kappa shape index (κ3) is 5.58. The predicted octanol–water partition coefficient (Wildman–Crippen LogP) is 0.967. The zero-order chi connectivity index (χ0) is 15.2. The van der Waals surface area contributed by atoms with Crippen molar-refractivity contribution in [3.8, 4) is 0 Å². The fourth-order valence-corrected chi connectivity index (χ4v) is 2.83. The van der Waals surface area contributed by atoms with Crippen molar-refractivity contribution >= 4 is 27.1 Å². The lowest BCUT2D eigenvalue weighted by Gasteiger charge is -2.09. The first kappa shape index (κ1) is 16.5. The van der Waals surface area contributed by atoms with Crippen LogP contribution in [-0.4, -0.2) is 39.5 Å². The largest absolute Gasteiger partial charge is 0.399 e. The van der Waals surface area contributed by atoms with E-state index in [1.54, 1.807) is 18.2 Å². The molecule has 0 heterocycles. The number of sulfone groups is 1. The number of rotatable bonds is 7. The summed E-state index contributed by atoms with van der Waals surface area (Å²) in [7, 11) is -1.92. The Balaban J connectivity index is 2.61. The van der Waals surface area contributed by atoms with Crippen LogP contribution in [0.15, 0.2) is 18.2 Å². The molecule has 0 saturated heterocycles. The highest BCUT2D eigenvalue weighted by atomic mass is 32.2. The Kier molecular flexibility index (Phi) is 5.97. The summed E-state index contributed by atoms with van der Waals surface area (Å²) in [5.74, 6) is -1.16. The summed E-state index contributed by atoms with van der Waals surface area (Å²) in [5.41, 5.74) is 7.49. The number of nitrogen functional groups attached to an aromatic ring is 1. The summed E-state index contributed by atoms with van der Waals surface area (Å²) in [4.78, 5) is 11.8. The molecule has 1 aromatic rings. The molecule has 0 aliphatic carbocycles. The van der Waals surface area contributed by atoms with E-state index in [1.165, 1.54) is 7.11 Å². The van der Waals surface area contributed by atoms with Crippen LogP contribution in [0.25, 0.3) is 0 Å². The van der Waals surface area contributed by atoms with Gasteiger partial charge in [0.2, 0.25) is 5.91 Å². The van der Waals surface area contributed by atoms with E-state index >= 15 is 0 Å². The number of nitrogens with two attached hydrogens (primary N) is 1. The normalized spacial score (nSPS) is 11.3. The summed E-state index contributed by atoms with van der Waals surface area (Å²) in [6.45, 7) is 2.16. The van der Waals surface area contributed by atoms with Gasteiger partial charge in [0, 0.05) is 25.1 Å². The second-order valence-corrected chi connectivity index (χ2v) is 6.74. The third-order valence-corrected chi connectivity index (χ3v) is 4.30. The van der Waals surface area contributed by atoms with Crippen molar-refractivity contribution in [2.24, 2.45) is 0 Å². The maximum atomic E-state index is 11.8. The van der Waals surface area contributed by atoms with E-state index in [9.17, 15) is 13.2 Å². The number of amides is 1. The van der Waals surface area contributed by atoms with Crippen LogP contribution in [0.3, 0.4) is 0 Å². The SMILES string of the molecule is COCCCS(=O)(=O)CC(=O)Nc1cc(N)ccc1C. The number of ether oxygens (including phenoxy) is 1. The molecule has 0 fully saturated rings. The maximum absolute atomic E-state index is 11.8. The first-order valence-corrected chi connectivity index (χ1v) is 8.01. The van der Waals surface area contributed by atoms with Gasteiger partial charge in [-0.3, -0.25) is 4.79 Å². The number of hydrogen-bond donors (Lipinski definition) is 2. The molecule has 0 saturated carbocycles. The lowest BCUT2D eigenvalue weighted by atomic mass is 10.2. The number of carbonyl (C=O) groups is 1. The zero-order valence-electron chi connectivity index (χ0n) is 11.7. The maximum Gasteiger partial charge on any atom is 0.239 e. The minimum absolute atomic E-state index is 0.0653. The Morgan fingerprint density at radius 1 is 1.40 bits per heavy atom. The first-order valence-electron chi connectivity index (χ1n) is 6.19. The van der Waals surface area contributed by atoms with Gasteiger partial charge in [0.15, 0.2) is 9.84 Å². The Bertz CT molecular complexity index is 570. The molecule has 0 aliphatic rings. The van der Waals surface area contributed by atoms with E-state index in [0.717, 1.165) is 5.56 Å². The van der Waals surface area contributed by atoms with Gasteiger partial charge >= 0.3 is 0 Å². The van der Waals surface area contributed by atoms with Crippen LogP contribution < -0.4 is 11.1 Å². The monoisotopic (exact) mass is 300 g/mol. The molecule has 0 unspecified atom stereocenters. The van der Waals surface area contributed by atoms with Crippen LogP contribution in [-0.2, 0) is 19.4 Å². The summed E-state index contributed by atoms with van der Waals surface area (Å²) in [6, 6.07) is 5.08. The smallest absolute Gasteiger partial charge is 0.239 e. The summed E-state index contributed by atoms with van der Waals surface area (Å²) in [6.07, 6.45) is 0.378. The number of methoxy groups -OCH3 is 1. The van der Waals surface area contributed by atoms with Crippen LogP contribution in [0.2, 0.25) is 0 Å². The highest BCUT2D eigenvalue weighted by molar-refractivity contribution is 7.92. The Hall–Kier alpha value is -1.60. The Labute approximate surface area is 119 Å². The van der Waals surface area contributed by atoms with Gasteiger partial charge in [-0.15, -0.1) is 0 Å². The number of anilines is 2. The molecule has 0 aliphatic heterocycles. The van der Waals surface area contributed by atoms with E-state index in [2.05, 4.69) is 5.32 Å². The molecule has 0 radical (unpaired) electrons. The highest BCUT2D eigenvalue weighted by Crippen LogP contribution is 2.18. The third-order valence-electron chi connectivity index (χ3n) is 2.69. The summed E-state index contributed by atoms with van der Waals surface area (Å²) >= 11 is 0. The molecule has 0 spiro atoms. The fourth-order valence-electron chi connectivity index (χ4n) is 1.66. The van der Waals surface area contributed by atoms with Crippen molar-refractivity contribution < 1.29 is 17.9 Å². The topological polar surface area (TPSA) is 98.5 Å². The molecule has 7 heteroatoms. The Morgan fingerprint density at radius 2 is 2.10 bits per heavy atom. The van der Waals surface area contributed by atoms with Gasteiger partial charge in [-0.2, -0.15) is 0 Å². The molecule has 1 amide bonds.